The molecule has 198 valence electrons. The molecule has 1 aromatic carbocycles. The maximum atomic E-state index is 14.7. The fourth-order valence-corrected chi connectivity index (χ4v) is 5.67. The van der Waals surface area contributed by atoms with Gasteiger partial charge in [0.25, 0.3) is 0 Å². The van der Waals surface area contributed by atoms with Gasteiger partial charge in [-0.2, -0.15) is 4.98 Å². The molecule has 2 aromatic heterocycles. The lowest BCUT2D eigenvalue weighted by atomic mass is 9.85. The van der Waals surface area contributed by atoms with Gasteiger partial charge in [-0.05, 0) is 50.7 Å². The highest BCUT2D eigenvalue weighted by Gasteiger charge is 2.35. The highest BCUT2D eigenvalue weighted by atomic mass is 35.5. The molecule has 13 heteroatoms. The van der Waals surface area contributed by atoms with E-state index in [0.29, 0.717) is 61.6 Å². The third-order valence-electron chi connectivity index (χ3n) is 7.19. The Hall–Kier alpha value is -2.79. The first kappa shape index (κ1) is 25.8. The van der Waals surface area contributed by atoms with Crippen molar-refractivity contribution >= 4 is 57.9 Å². The largest absolute Gasteiger partial charge is 0.369 e. The molecule has 0 aliphatic heterocycles. The van der Waals surface area contributed by atoms with Crippen molar-refractivity contribution in [1.82, 2.24) is 19.5 Å². The molecule has 4 N–H and O–H groups in total. The first-order valence-electron chi connectivity index (χ1n) is 12.2. The Labute approximate surface area is 221 Å². The molecule has 1 amide bonds. The smallest absolute Gasteiger partial charge is 0.248 e. The molecule has 8 nitrogen and oxygen atoms in total. The Morgan fingerprint density at radius 3 is 2.43 bits per heavy atom. The summed E-state index contributed by atoms with van der Waals surface area (Å²) in [5, 5.41) is 6.41. The highest BCUT2D eigenvalue weighted by molar-refractivity contribution is 6.36. The number of halogens is 5. The van der Waals surface area contributed by atoms with Gasteiger partial charge in [0.15, 0.2) is 5.65 Å². The van der Waals surface area contributed by atoms with Gasteiger partial charge in [-0.1, -0.05) is 23.2 Å². The van der Waals surface area contributed by atoms with Crippen LogP contribution in [0.2, 0.25) is 10.0 Å². The topological polar surface area (TPSA) is 111 Å². The predicted molar refractivity (Wildman–Crippen MR) is 136 cm³/mol. The summed E-state index contributed by atoms with van der Waals surface area (Å²) in [4.78, 5) is 25.3. The standard InChI is InChI=1S/C24H26Cl2F3N7O/c25-13-9-16(26)19(17(27)10-13)34-23-33-18-11-31-22(32-14-5-7-24(28,29)8-6-14)35-21(18)36(23)15-3-1-12(2-4-15)20(30)37/h9-12,14-15H,1-8H2,(H2,30,37)(H,33,34)(H,31,32,35)/t12-,15-. The average molecular weight is 556 g/mol. The Balaban J connectivity index is 1.49. The van der Waals surface area contributed by atoms with Gasteiger partial charge >= 0.3 is 0 Å². The number of carbonyl (C=O) groups is 1. The number of hydrogen-bond donors (Lipinski definition) is 3. The number of nitrogens with one attached hydrogen (secondary N) is 2. The number of imidazole rings is 1. The van der Waals surface area contributed by atoms with E-state index < -0.39 is 11.7 Å². The molecule has 0 radical (unpaired) electrons. The van der Waals surface area contributed by atoms with Crippen LogP contribution in [0.1, 0.15) is 57.4 Å². The summed E-state index contributed by atoms with van der Waals surface area (Å²) in [6.07, 6.45) is 4.26. The molecule has 0 unspecified atom stereocenters. The molecule has 0 bridgehead atoms. The van der Waals surface area contributed by atoms with Crippen LogP contribution < -0.4 is 16.4 Å². The lowest BCUT2D eigenvalue weighted by Gasteiger charge is -2.29. The third-order valence-corrected chi connectivity index (χ3v) is 7.71. The predicted octanol–water partition coefficient (Wildman–Crippen LogP) is 6.22. The van der Waals surface area contributed by atoms with E-state index in [1.807, 2.05) is 4.57 Å². The second-order valence-corrected chi connectivity index (χ2v) is 10.6. The molecule has 37 heavy (non-hydrogen) atoms. The molecule has 0 spiro atoms. The summed E-state index contributed by atoms with van der Waals surface area (Å²) < 4.78 is 43.7. The number of aromatic nitrogens is 4. The van der Waals surface area contributed by atoms with Crippen molar-refractivity contribution in [2.24, 2.45) is 11.7 Å². The first-order chi connectivity index (χ1) is 17.6. The quantitative estimate of drug-likeness (QED) is 0.333. The zero-order chi connectivity index (χ0) is 26.3. The van der Waals surface area contributed by atoms with E-state index in [0.717, 1.165) is 6.07 Å². The normalized spacial score (nSPS) is 22.2. The van der Waals surface area contributed by atoms with Crippen molar-refractivity contribution in [2.75, 3.05) is 10.6 Å². The number of amides is 1. The van der Waals surface area contributed by atoms with E-state index in [2.05, 4.69) is 25.6 Å². The van der Waals surface area contributed by atoms with Crippen molar-refractivity contribution < 1.29 is 18.0 Å². The molecule has 0 saturated heterocycles. The third kappa shape index (κ3) is 5.57. The van der Waals surface area contributed by atoms with E-state index in [4.69, 9.17) is 28.9 Å². The van der Waals surface area contributed by atoms with Crippen LogP contribution in [0.4, 0.5) is 30.8 Å². The number of primary amides is 1. The number of alkyl halides is 2. The van der Waals surface area contributed by atoms with Crippen molar-refractivity contribution in [3.63, 3.8) is 0 Å². The summed E-state index contributed by atoms with van der Waals surface area (Å²) in [5.41, 5.74) is 6.49. The number of benzene rings is 1. The molecule has 2 aliphatic rings. The second-order valence-electron chi connectivity index (χ2n) is 9.76. The van der Waals surface area contributed by atoms with Crippen LogP contribution >= 0.6 is 23.2 Å². The monoisotopic (exact) mass is 555 g/mol. The lowest BCUT2D eigenvalue weighted by molar-refractivity contribution is -0.122. The molecule has 2 fully saturated rings. The Kier molecular flexibility index (Phi) is 7.10. The Morgan fingerprint density at radius 1 is 1.08 bits per heavy atom. The minimum atomic E-state index is -2.63. The van der Waals surface area contributed by atoms with Crippen molar-refractivity contribution in [1.29, 1.82) is 0 Å². The molecule has 2 saturated carbocycles. The summed E-state index contributed by atoms with van der Waals surface area (Å²) in [5.74, 6) is -3.20. The van der Waals surface area contributed by atoms with Gasteiger partial charge < -0.3 is 16.4 Å². The number of anilines is 3. The van der Waals surface area contributed by atoms with Gasteiger partial charge in [0.2, 0.25) is 23.7 Å². The van der Waals surface area contributed by atoms with Crippen molar-refractivity contribution in [3.05, 3.63) is 34.2 Å². The highest BCUT2D eigenvalue weighted by Crippen LogP contribution is 2.39. The number of carbonyl (C=O) groups excluding carboxylic acids is 1. The number of fused-ring (bicyclic) bond motifs is 1. The van der Waals surface area contributed by atoms with Crippen LogP contribution in [0.15, 0.2) is 18.3 Å². The molecular weight excluding hydrogens is 530 g/mol. The van der Waals surface area contributed by atoms with Crippen LogP contribution in [0.25, 0.3) is 11.2 Å². The van der Waals surface area contributed by atoms with E-state index in [1.165, 1.54) is 6.07 Å². The molecular formula is C24H26Cl2F3N7O. The van der Waals surface area contributed by atoms with Gasteiger partial charge in [-0.25, -0.2) is 23.1 Å². The van der Waals surface area contributed by atoms with Crippen LogP contribution in [0, 0.1) is 11.7 Å². The summed E-state index contributed by atoms with van der Waals surface area (Å²) in [6, 6.07) is 2.30. The number of rotatable bonds is 6. The SMILES string of the molecule is NC(=O)[C@H]1CC[C@H](n2c(Nc3c(F)cc(Cl)cc3Cl)nc3cnc(NC4CCC(F)(F)CC4)nc32)CC1. The van der Waals surface area contributed by atoms with Gasteiger partial charge in [0.05, 0.1) is 16.9 Å². The molecule has 5 rings (SSSR count). The van der Waals surface area contributed by atoms with Crippen LogP contribution in [-0.4, -0.2) is 37.4 Å². The zero-order valence-electron chi connectivity index (χ0n) is 19.8. The maximum absolute atomic E-state index is 14.7. The van der Waals surface area contributed by atoms with E-state index in [-0.39, 0.29) is 52.5 Å². The van der Waals surface area contributed by atoms with Gasteiger partial charge in [0.1, 0.15) is 11.3 Å². The van der Waals surface area contributed by atoms with Crippen LogP contribution in [0.5, 0.6) is 0 Å². The van der Waals surface area contributed by atoms with E-state index in [1.54, 1.807) is 6.20 Å². The minimum absolute atomic E-state index is 0.0166. The zero-order valence-corrected chi connectivity index (χ0v) is 21.3. The molecule has 0 atom stereocenters. The van der Waals surface area contributed by atoms with Gasteiger partial charge in [0, 0.05) is 35.9 Å². The lowest BCUT2D eigenvalue weighted by Crippen LogP contribution is -2.32. The van der Waals surface area contributed by atoms with Gasteiger partial charge in [-0.15, -0.1) is 0 Å². The second kappa shape index (κ2) is 10.2. The molecule has 2 heterocycles. The number of hydrogen-bond acceptors (Lipinski definition) is 6. The minimum Gasteiger partial charge on any atom is -0.369 e. The van der Waals surface area contributed by atoms with Crippen LogP contribution in [0.3, 0.4) is 0 Å². The van der Waals surface area contributed by atoms with Gasteiger partial charge in [-0.3, -0.25) is 9.36 Å². The summed E-state index contributed by atoms with van der Waals surface area (Å²) in [7, 11) is 0. The summed E-state index contributed by atoms with van der Waals surface area (Å²) >= 11 is 12.2. The van der Waals surface area contributed by atoms with Crippen LogP contribution in [-0.2, 0) is 4.79 Å². The first-order valence-corrected chi connectivity index (χ1v) is 13.0. The van der Waals surface area contributed by atoms with E-state index >= 15 is 0 Å². The summed E-state index contributed by atoms with van der Waals surface area (Å²) in [6.45, 7) is 0. The van der Waals surface area contributed by atoms with Crippen molar-refractivity contribution in [3.8, 4) is 0 Å². The Bertz CT molecular complexity index is 1290. The molecule has 2 aliphatic carbocycles. The maximum Gasteiger partial charge on any atom is 0.248 e. The fourth-order valence-electron chi connectivity index (χ4n) is 5.15. The number of nitrogens with two attached hydrogens (primary N) is 1. The fraction of sp³-hybridized carbons (Fsp3) is 0.500. The van der Waals surface area contributed by atoms with E-state index in [9.17, 15) is 18.0 Å². The van der Waals surface area contributed by atoms with Crippen molar-refractivity contribution in [2.45, 2.75) is 69.4 Å². The molecule has 3 aromatic rings. The number of nitrogens with zero attached hydrogens (tertiary/aromatic N) is 4. The average Bonchev–Trinajstić information content (AvgIpc) is 3.20. The Morgan fingerprint density at radius 2 is 1.78 bits per heavy atom.